The van der Waals surface area contributed by atoms with Crippen molar-refractivity contribution in [2.75, 3.05) is 0 Å². The van der Waals surface area contributed by atoms with Crippen LogP contribution in [0.3, 0.4) is 0 Å². The van der Waals surface area contributed by atoms with E-state index in [0.29, 0.717) is 5.82 Å². The largest absolute Gasteiger partial charge is 0.481 e. The minimum atomic E-state index is -0.866. The fourth-order valence-electron chi connectivity index (χ4n) is 2.00. The second-order valence-electron chi connectivity index (χ2n) is 4.64. The molecule has 0 bridgehead atoms. The molecule has 1 N–H and O–H groups in total. The Labute approximate surface area is 111 Å². The van der Waals surface area contributed by atoms with Crippen LogP contribution in [0, 0.1) is 13.8 Å². The standard InChI is InChI=1S/C13H16N4O2/c1-8-5-4-6-11(10(8)3)13-14-15-16-17(13)9(2)7-12(18)19/h4-6,9H,7H2,1-3H3,(H,18,19). The summed E-state index contributed by atoms with van der Waals surface area (Å²) >= 11 is 0. The Bertz CT molecular complexity index is 606. The molecule has 1 atom stereocenters. The number of aryl methyl sites for hydroxylation is 1. The quantitative estimate of drug-likeness (QED) is 0.909. The fraction of sp³-hybridized carbons (Fsp3) is 0.385. The number of aliphatic carboxylic acids is 1. The maximum absolute atomic E-state index is 10.8. The Morgan fingerprint density at radius 1 is 1.42 bits per heavy atom. The molecule has 0 aliphatic carbocycles. The molecule has 0 amide bonds. The van der Waals surface area contributed by atoms with Crippen molar-refractivity contribution < 1.29 is 9.90 Å². The number of rotatable bonds is 4. The maximum Gasteiger partial charge on any atom is 0.305 e. The van der Waals surface area contributed by atoms with Crippen molar-refractivity contribution in [3.8, 4) is 11.4 Å². The Balaban J connectivity index is 2.44. The number of aromatic nitrogens is 4. The average Bonchev–Trinajstić information content (AvgIpc) is 2.80. The van der Waals surface area contributed by atoms with Crippen LogP contribution in [-0.2, 0) is 4.79 Å². The molecule has 1 heterocycles. The van der Waals surface area contributed by atoms with E-state index in [4.69, 9.17) is 5.11 Å². The lowest BCUT2D eigenvalue weighted by Crippen LogP contribution is -2.13. The molecule has 1 aromatic heterocycles. The van der Waals surface area contributed by atoms with Crippen molar-refractivity contribution in [1.29, 1.82) is 0 Å². The van der Waals surface area contributed by atoms with Gasteiger partial charge < -0.3 is 5.11 Å². The summed E-state index contributed by atoms with van der Waals surface area (Å²) in [4.78, 5) is 10.8. The first kappa shape index (κ1) is 13.2. The Hall–Kier alpha value is -2.24. The molecule has 6 nitrogen and oxygen atoms in total. The highest BCUT2D eigenvalue weighted by Gasteiger charge is 2.18. The van der Waals surface area contributed by atoms with Crippen LogP contribution in [0.4, 0.5) is 0 Å². The van der Waals surface area contributed by atoms with Crippen molar-refractivity contribution in [2.45, 2.75) is 33.2 Å². The van der Waals surface area contributed by atoms with E-state index in [9.17, 15) is 4.79 Å². The number of benzene rings is 1. The topological polar surface area (TPSA) is 80.9 Å². The molecule has 2 aromatic rings. The van der Waals surface area contributed by atoms with Crippen LogP contribution in [0.25, 0.3) is 11.4 Å². The third-order valence-corrected chi connectivity index (χ3v) is 3.23. The number of hydrogen-bond acceptors (Lipinski definition) is 4. The fourth-order valence-corrected chi connectivity index (χ4v) is 2.00. The molecular formula is C13H16N4O2. The first-order chi connectivity index (χ1) is 9.00. The second kappa shape index (κ2) is 5.17. The first-order valence-electron chi connectivity index (χ1n) is 6.07. The van der Waals surface area contributed by atoms with Gasteiger partial charge >= 0.3 is 5.97 Å². The highest BCUT2D eigenvalue weighted by atomic mass is 16.4. The minimum absolute atomic E-state index is 0.0110. The summed E-state index contributed by atoms with van der Waals surface area (Å²) < 4.78 is 1.57. The van der Waals surface area contributed by atoms with E-state index >= 15 is 0 Å². The van der Waals surface area contributed by atoms with E-state index in [1.54, 1.807) is 11.6 Å². The van der Waals surface area contributed by atoms with Crippen molar-refractivity contribution in [3.05, 3.63) is 29.3 Å². The zero-order chi connectivity index (χ0) is 14.0. The second-order valence-corrected chi connectivity index (χ2v) is 4.64. The minimum Gasteiger partial charge on any atom is -0.481 e. The molecule has 0 fully saturated rings. The third-order valence-electron chi connectivity index (χ3n) is 3.23. The molecule has 1 unspecified atom stereocenters. The molecular weight excluding hydrogens is 244 g/mol. The number of tetrazole rings is 1. The van der Waals surface area contributed by atoms with Gasteiger partial charge in [0.05, 0.1) is 12.5 Å². The lowest BCUT2D eigenvalue weighted by atomic mass is 10.0. The monoisotopic (exact) mass is 260 g/mol. The van der Waals surface area contributed by atoms with Gasteiger partial charge in [-0.25, -0.2) is 4.68 Å². The van der Waals surface area contributed by atoms with Crippen LogP contribution in [0.2, 0.25) is 0 Å². The highest BCUT2D eigenvalue weighted by Crippen LogP contribution is 2.25. The zero-order valence-electron chi connectivity index (χ0n) is 11.2. The highest BCUT2D eigenvalue weighted by molar-refractivity contribution is 5.67. The molecule has 0 saturated heterocycles. The van der Waals surface area contributed by atoms with E-state index in [-0.39, 0.29) is 12.5 Å². The van der Waals surface area contributed by atoms with Gasteiger partial charge in [-0.2, -0.15) is 0 Å². The van der Waals surface area contributed by atoms with Crippen LogP contribution in [0.5, 0.6) is 0 Å². The van der Waals surface area contributed by atoms with Crippen molar-refractivity contribution in [2.24, 2.45) is 0 Å². The van der Waals surface area contributed by atoms with Gasteiger partial charge in [0, 0.05) is 5.56 Å². The van der Waals surface area contributed by atoms with Crippen LogP contribution >= 0.6 is 0 Å². The molecule has 0 radical (unpaired) electrons. The number of hydrogen-bond donors (Lipinski definition) is 1. The van der Waals surface area contributed by atoms with Crippen LogP contribution in [-0.4, -0.2) is 31.3 Å². The summed E-state index contributed by atoms with van der Waals surface area (Å²) in [5.74, 6) is -0.259. The molecule has 0 spiro atoms. The number of carbonyl (C=O) groups is 1. The Morgan fingerprint density at radius 3 is 2.84 bits per heavy atom. The van der Waals surface area contributed by atoms with Gasteiger partial charge in [0.2, 0.25) is 0 Å². The van der Waals surface area contributed by atoms with Crippen molar-refractivity contribution >= 4 is 5.97 Å². The number of nitrogens with zero attached hydrogens (tertiary/aromatic N) is 4. The summed E-state index contributed by atoms with van der Waals surface area (Å²) in [5, 5.41) is 20.5. The van der Waals surface area contributed by atoms with E-state index in [2.05, 4.69) is 15.5 Å². The van der Waals surface area contributed by atoms with Gasteiger partial charge in [-0.05, 0) is 42.3 Å². The summed E-state index contributed by atoms with van der Waals surface area (Å²) in [6, 6.07) is 5.62. The predicted octanol–water partition coefficient (Wildman–Crippen LogP) is 1.99. The van der Waals surface area contributed by atoms with Crippen molar-refractivity contribution in [1.82, 2.24) is 20.2 Å². The van der Waals surface area contributed by atoms with Gasteiger partial charge in [0.15, 0.2) is 5.82 Å². The summed E-state index contributed by atoms with van der Waals surface area (Å²) in [7, 11) is 0. The van der Waals surface area contributed by atoms with Gasteiger partial charge in [0.1, 0.15) is 0 Å². The van der Waals surface area contributed by atoms with Crippen LogP contribution < -0.4 is 0 Å². The average molecular weight is 260 g/mol. The van der Waals surface area contributed by atoms with E-state index in [1.165, 1.54) is 0 Å². The lowest BCUT2D eigenvalue weighted by Gasteiger charge is -2.13. The summed E-state index contributed by atoms with van der Waals surface area (Å²) in [5.41, 5.74) is 3.18. The van der Waals surface area contributed by atoms with Gasteiger partial charge in [0.25, 0.3) is 0 Å². The summed E-state index contributed by atoms with van der Waals surface area (Å²) in [6.45, 7) is 5.82. The lowest BCUT2D eigenvalue weighted by molar-refractivity contribution is -0.137. The summed E-state index contributed by atoms with van der Waals surface area (Å²) in [6.07, 6.45) is -0.0110. The van der Waals surface area contributed by atoms with E-state index in [0.717, 1.165) is 16.7 Å². The molecule has 6 heteroatoms. The molecule has 19 heavy (non-hydrogen) atoms. The van der Waals surface area contributed by atoms with Gasteiger partial charge in [-0.1, -0.05) is 18.2 Å². The van der Waals surface area contributed by atoms with Crippen LogP contribution in [0.15, 0.2) is 18.2 Å². The van der Waals surface area contributed by atoms with Crippen molar-refractivity contribution in [3.63, 3.8) is 0 Å². The first-order valence-corrected chi connectivity index (χ1v) is 6.07. The smallest absolute Gasteiger partial charge is 0.305 e. The van der Waals surface area contributed by atoms with E-state index < -0.39 is 5.97 Å². The normalized spacial score (nSPS) is 12.4. The predicted molar refractivity (Wildman–Crippen MR) is 69.7 cm³/mol. The molecule has 100 valence electrons. The third kappa shape index (κ3) is 2.62. The molecule has 0 aliphatic rings. The van der Waals surface area contributed by atoms with E-state index in [1.807, 2.05) is 32.0 Å². The SMILES string of the molecule is Cc1cccc(-c2nnnn2C(C)CC(=O)O)c1C. The number of carboxylic acids is 1. The molecule has 2 rings (SSSR count). The maximum atomic E-state index is 10.8. The molecule has 1 aromatic carbocycles. The van der Waals surface area contributed by atoms with Gasteiger partial charge in [-0.3, -0.25) is 4.79 Å². The zero-order valence-corrected chi connectivity index (χ0v) is 11.2. The number of carboxylic acid groups (broad SMARTS) is 1. The Kier molecular flexibility index (Phi) is 3.59. The molecule has 0 aliphatic heterocycles. The van der Waals surface area contributed by atoms with Crippen LogP contribution in [0.1, 0.15) is 30.5 Å². The Morgan fingerprint density at radius 2 is 2.16 bits per heavy atom. The molecule has 0 saturated carbocycles. The van der Waals surface area contributed by atoms with Gasteiger partial charge in [-0.15, -0.1) is 5.10 Å².